The molecule has 1 amide bonds. The molecule has 24 heavy (non-hydrogen) atoms. The molecule has 2 rings (SSSR count). The van der Waals surface area contributed by atoms with Gasteiger partial charge in [-0.05, 0) is 36.8 Å². The molecule has 0 radical (unpaired) electrons. The average molecular weight is 378 g/mol. The molecule has 0 aliphatic heterocycles. The minimum atomic E-state index is -4.66. The summed E-state index contributed by atoms with van der Waals surface area (Å²) in [4.78, 5) is 11.5. The molecule has 2 aromatic carbocycles. The van der Waals surface area contributed by atoms with Crippen molar-refractivity contribution in [3.05, 3.63) is 51.5 Å². The van der Waals surface area contributed by atoms with E-state index in [1.807, 2.05) is 0 Å². The number of amides is 1. The van der Waals surface area contributed by atoms with Crippen molar-refractivity contribution in [1.82, 2.24) is 0 Å². The Kier molecular flexibility index (Phi) is 5.42. The summed E-state index contributed by atoms with van der Waals surface area (Å²) < 4.78 is 40.5. The van der Waals surface area contributed by atoms with E-state index in [0.29, 0.717) is 5.56 Å². The quantitative estimate of drug-likeness (QED) is 0.797. The topological polar surface area (TPSA) is 49.3 Å². The Hall–Kier alpha value is -1.76. The fourth-order valence-corrected chi connectivity index (χ4v) is 2.78. The molecule has 0 atom stereocenters. The number of hydrogen-bond acceptors (Lipinski definition) is 2. The number of benzene rings is 2. The molecule has 0 heterocycles. The van der Waals surface area contributed by atoms with Crippen molar-refractivity contribution in [2.24, 2.45) is 0 Å². The number of aliphatic hydroxyl groups is 1. The van der Waals surface area contributed by atoms with Crippen molar-refractivity contribution in [1.29, 1.82) is 0 Å². The van der Waals surface area contributed by atoms with Crippen molar-refractivity contribution >= 4 is 34.8 Å². The van der Waals surface area contributed by atoms with Crippen LogP contribution >= 0.6 is 23.2 Å². The van der Waals surface area contributed by atoms with E-state index < -0.39 is 24.3 Å². The number of alkyl halides is 3. The van der Waals surface area contributed by atoms with E-state index in [2.05, 4.69) is 5.32 Å². The molecule has 128 valence electrons. The van der Waals surface area contributed by atoms with Crippen molar-refractivity contribution in [2.45, 2.75) is 13.1 Å². The van der Waals surface area contributed by atoms with E-state index >= 15 is 0 Å². The van der Waals surface area contributed by atoms with Gasteiger partial charge in [0.25, 0.3) is 0 Å². The lowest BCUT2D eigenvalue weighted by atomic mass is 9.95. The second-order valence-electron chi connectivity index (χ2n) is 5.06. The SMILES string of the molecule is Cc1cc(NC(=O)CO)c(-c2ccc(Cl)cc2Cl)c(C(F)(F)F)c1. The van der Waals surface area contributed by atoms with E-state index in [4.69, 9.17) is 28.3 Å². The average Bonchev–Trinajstić information content (AvgIpc) is 2.46. The zero-order valence-electron chi connectivity index (χ0n) is 12.3. The summed E-state index contributed by atoms with van der Waals surface area (Å²) in [7, 11) is 0. The molecule has 0 unspecified atom stereocenters. The number of rotatable bonds is 3. The van der Waals surface area contributed by atoms with Gasteiger partial charge in [-0.3, -0.25) is 4.79 Å². The Morgan fingerprint density at radius 3 is 2.42 bits per heavy atom. The van der Waals surface area contributed by atoms with Crippen LogP contribution < -0.4 is 5.32 Å². The predicted octanol–water partition coefficient (Wildman–Crippen LogP) is 4.92. The third-order valence-electron chi connectivity index (χ3n) is 3.21. The summed E-state index contributed by atoms with van der Waals surface area (Å²) in [6.45, 7) is 0.611. The number of hydrogen-bond donors (Lipinski definition) is 2. The van der Waals surface area contributed by atoms with Gasteiger partial charge in [0.2, 0.25) is 5.91 Å². The van der Waals surface area contributed by atoms with Crippen molar-refractivity contribution in [3.63, 3.8) is 0 Å². The number of aryl methyl sites for hydroxylation is 1. The van der Waals surface area contributed by atoms with Gasteiger partial charge < -0.3 is 10.4 Å². The summed E-state index contributed by atoms with van der Waals surface area (Å²) in [6.07, 6.45) is -4.66. The molecule has 0 fully saturated rings. The minimum Gasteiger partial charge on any atom is -0.387 e. The summed E-state index contributed by atoms with van der Waals surface area (Å²) in [5, 5.41) is 11.4. The standard InChI is InChI=1S/C16H12Cl2F3NO2/c1-8-4-11(16(19,20)21)15(13(5-8)22-14(24)7-23)10-3-2-9(17)6-12(10)18/h2-6,23H,7H2,1H3,(H,22,24). The van der Waals surface area contributed by atoms with E-state index in [9.17, 15) is 18.0 Å². The maximum absolute atomic E-state index is 13.5. The molecular formula is C16H12Cl2F3NO2. The third kappa shape index (κ3) is 4.01. The van der Waals surface area contributed by atoms with Gasteiger partial charge in [0.15, 0.2) is 0 Å². The van der Waals surface area contributed by atoms with Crippen LogP contribution in [-0.4, -0.2) is 17.6 Å². The fourth-order valence-electron chi connectivity index (χ4n) is 2.28. The Balaban J connectivity index is 2.80. The molecule has 0 aromatic heterocycles. The van der Waals surface area contributed by atoms with Gasteiger partial charge in [0, 0.05) is 26.9 Å². The van der Waals surface area contributed by atoms with Crippen LogP contribution in [-0.2, 0) is 11.0 Å². The Bertz CT molecular complexity index is 792. The highest BCUT2D eigenvalue weighted by atomic mass is 35.5. The van der Waals surface area contributed by atoms with Crippen LogP contribution in [0.4, 0.5) is 18.9 Å². The lowest BCUT2D eigenvalue weighted by molar-refractivity contribution is -0.137. The van der Waals surface area contributed by atoms with Gasteiger partial charge >= 0.3 is 6.18 Å². The Morgan fingerprint density at radius 1 is 1.21 bits per heavy atom. The summed E-state index contributed by atoms with van der Waals surface area (Å²) >= 11 is 11.9. The largest absolute Gasteiger partial charge is 0.417 e. The summed E-state index contributed by atoms with van der Waals surface area (Å²) in [5.74, 6) is -0.833. The van der Waals surface area contributed by atoms with Crippen molar-refractivity contribution in [2.75, 3.05) is 11.9 Å². The van der Waals surface area contributed by atoms with Crippen LogP contribution in [0.15, 0.2) is 30.3 Å². The number of halogens is 5. The maximum atomic E-state index is 13.5. The normalized spacial score (nSPS) is 11.5. The number of carbonyl (C=O) groups is 1. The molecule has 3 nitrogen and oxygen atoms in total. The van der Waals surface area contributed by atoms with Crippen LogP contribution in [0.25, 0.3) is 11.1 Å². The lowest BCUT2D eigenvalue weighted by Crippen LogP contribution is -2.18. The molecule has 2 N–H and O–H groups in total. The molecule has 0 spiro atoms. The Morgan fingerprint density at radius 2 is 1.88 bits per heavy atom. The predicted molar refractivity (Wildman–Crippen MR) is 87.4 cm³/mol. The molecule has 0 aliphatic carbocycles. The zero-order chi connectivity index (χ0) is 18.1. The first kappa shape index (κ1) is 18.6. The van der Waals surface area contributed by atoms with E-state index in [1.54, 1.807) is 0 Å². The molecule has 0 saturated carbocycles. The van der Waals surface area contributed by atoms with Gasteiger partial charge in [-0.15, -0.1) is 0 Å². The van der Waals surface area contributed by atoms with E-state index in [1.165, 1.54) is 31.2 Å². The number of anilines is 1. The van der Waals surface area contributed by atoms with E-state index in [-0.39, 0.29) is 26.9 Å². The maximum Gasteiger partial charge on any atom is 0.417 e. The third-order valence-corrected chi connectivity index (χ3v) is 3.75. The molecule has 8 heteroatoms. The van der Waals surface area contributed by atoms with Crippen LogP contribution in [0.5, 0.6) is 0 Å². The van der Waals surface area contributed by atoms with Gasteiger partial charge in [-0.2, -0.15) is 13.2 Å². The van der Waals surface area contributed by atoms with Crippen LogP contribution in [0.1, 0.15) is 11.1 Å². The second-order valence-corrected chi connectivity index (χ2v) is 5.91. The first-order chi connectivity index (χ1) is 11.1. The van der Waals surface area contributed by atoms with Crippen LogP contribution in [0.3, 0.4) is 0 Å². The molecular weight excluding hydrogens is 366 g/mol. The monoisotopic (exact) mass is 377 g/mol. The zero-order valence-corrected chi connectivity index (χ0v) is 13.9. The molecule has 2 aromatic rings. The molecule has 0 bridgehead atoms. The highest BCUT2D eigenvalue weighted by molar-refractivity contribution is 6.36. The number of nitrogens with one attached hydrogen (secondary N) is 1. The highest BCUT2D eigenvalue weighted by Gasteiger charge is 2.36. The lowest BCUT2D eigenvalue weighted by Gasteiger charge is -2.20. The molecule has 0 saturated heterocycles. The Labute approximate surface area is 146 Å². The molecule has 0 aliphatic rings. The van der Waals surface area contributed by atoms with Crippen LogP contribution in [0, 0.1) is 6.92 Å². The van der Waals surface area contributed by atoms with Gasteiger partial charge in [0.1, 0.15) is 6.61 Å². The van der Waals surface area contributed by atoms with Gasteiger partial charge in [-0.1, -0.05) is 29.3 Å². The number of carbonyl (C=O) groups excluding carboxylic acids is 1. The first-order valence-electron chi connectivity index (χ1n) is 6.71. The summed E-state index contributed by atoms with van der Waals surface area (Å²) in [6, 6.07) is 6.41. The highest BCUT2D eigenvalue weighted by Crippen LogP contribution is 2.44. The smallest absolute Gasteiger partial charge is 0.387 e. The van der Waals surface area contributed by atoms with Crippen LogP contribution in [0.2, 0.25) is 10.0 Å². The van der Waals surface area contributed by atoms with Crippen molar-refractivity contribution < 1.29 is 23.1 Å². The van der Waals surface area contributed by atoms with E-state index in [0.717, 1.165) is 6.07 Å². The first-order valence-corrected chi connectivity index (χ1v) is 7.47. The van der Waals surface area contributed by atoms with Gasteiger partial charge in [0.05, 0.1) is 5.56 Å². The second kappa shape index (κ2) is 7.01. The summed E-state index contributed by atoms with van der Waals surface area (Å²) in [5.41, 5.74) is -0.951. The minimum absolute atomic E-state index is 0.0105. The van der Waals surface area contributed by atoms with Crippen molar-refractivity contribution in [3.8, 4) is 11.1 Å². The van der Waals surface area contributed by atoms with Gasteiger partial charge in [-0.25, -0.2) is 0 Å². The fraction of sp³-hybridized carbons (Fsp3) is 0.188. The number of aliphatic hydroxyl groups excluding tert-OH is 1.